The number of aromatic nitrogens is 4. The molecule has 22 heavy (non-hydrogen) atoms. The van der Waals surface area contributed by atoms with E-state index in [1.54, 1.807) is 12.4 Å². The van der Waals surface area contributed by atoms with E-state index in [0.717, 1.165) is 33.2 Å². The maximum Gasteiger partial charge on any atom is 0.0650 e. The van der Waals surface area contributed by atoms with Gasteiger partial charge in [-0.2, -0.15) is 5.10 Å². The van der Waals surface area contributed by atoms with Crippen molar-refractivity contribution in [1.82, 2.24) is 20.2 Å². The van der Waals surface area contributed by atoms with Gasteiger partial charge in [0.05, 0.1) is 11.7 Å². The second kappa shape index (κ2) is 5.07. The standard InChI is InChI=1S/C18H14N4/c1-12-16(13-4-6-19-7-5-13)10-20-11-17(12)14-2-3-18-15(8-14)9-21-22-18/h2-11H,1H3,(H,21,22). The molecule has 0 amide bonds. The fourth-order valence-corrected chi connectivity index (χ4v) is 2.75. The molecule has 0 saturated heterocycles. The Morgan fingerprint density at radius 1 is 0.818 bits per heavy atom. The van der Waals surface area contributed by atoms with Gasteiger partial charge in [0.25, 0.3) is 0 Å². The van der Waals surface area contributed by atoms with E-state index in [-0.39, 0.29) is 0 Å². The van der Waals surface area contributed by atoms with E-state index in [0.29, 0.717) is 0 Å². The first kappa shape index (κ1) is 12.7. The predicted octanol–water partition coefficient (Wildman–Crippen LogP) is 4.00. The molecule has 3 heterocycles. The quantitative estimate of drug-likeness (QED) is 0.606. The Labute approximate surface area is 127 Å². The molecule has 0 bridgehead atoms. The maximum atomic E-state index is 4.42. The van der Waals surface area contributed by atoms with Crippen molar-refractivity contribution in [3.63, 3.8) is 0 Å². The fraction of sp³-hybridized carbons (Fsp3) is 0.0556. The summed E-state index contributed by atoms with van der Waals surface area (Å²) in [6.07, 6.45) is 9.28. The number of H-pyrrole nitrogens is 1. The molecule has 0 atom stereocenters. The van der Waals surface area contributed by atoms with Crippen LogP contribution < -0.4 is 0 Å². The van der Waals surface area contributed by atoms with E-state index in [1.165, 1.54) is 5.56 Å². The summed E-state index contributed by atoms with van der Waals surface area (Å²) in [5.41, 5.74) is 6.80. The van der Waals surface area contributed by atoms with Crippen molar-refractivity contribution in [1.29, 1.82) is 0 Å². The Bertz CT molecular complexity index is 942. The lowest BCUT2D eigenvalue weighted by Crippen LogP contribution is -1.91. The van der Waals surface area contributed by atoms with Crippen LogP contribution in [0, 0.1) is 6.92 Å². The van der Waals surface area contributed by atoms with Crippen LogP contribution >= 0.6 is 0 Å². The van der Waals surface area contributed by atoms with Crippen molar-refractivity contribution in [2.75, 3.05) is 0 Å². The number of nitrogens with one attached hydrogen (secondary N) is 1. The Morgan fingerprint density at radius 2 is 1.59 bits per heavy atom. The highest BCUT2D eigenvalue weighted by Crippen LogP contribution is 2.31. The van der Waals surface area contributed by atoms with E-state index in [9.17, 15) is 0 Å². The van der Waals surface area contributed by atoms with E-state index in [4.69, 9.17) is 0 Å². The number of aromatic amines is 1. The average molecular weight is 286 g/mol. The molecule has 0 aliphatic rings. The van der Waals surface area contributed by atoms with Gasteiger partial charge in [0, 0.05) is 41.3 Å². The van der Waals surface area contributed by atoms with Crippen molar-refractivity contribution in [2.24, 2.45) is 0 Å². The monoisotopic (exact) mass is 286 g/mol. The highest BCUT2D eigenvalue weighted by Gasteiger charge is 2.09. The van der Waals surface area contributed by atoms with Crippen LogP contribution in [0.15, 0.2) is 61.3 Å². The first-order chi connectivity index (χ1) is 10.8. The van der Waals surface area contributed by atoms with Crippen LogP contribution in [0.2, 0.25) is 0 Å². The van der Waals surface area contributed by atoms with E-state index in [2.05, 4.69) is 45.3 Å². The number of fused-ring (bicyclic) bond motifs is 1. The Morgan fingerprint density at radius 3 is 2.41 bits per heavy atom. The van der Waals surface area contributed by atoms with Gasteiger partial charge < -0.3 is 0 Å². The summed E-state index contributed by atoms with van der Waals surface area (Å²) in [7, 11) is 0. The van der Waals surface area contributed by atoms with Gasteiger partial charge in [-0.05, 0) is 47.9 Å². The minimum atomic E-state index is 1.04. The van der Waals surface area contributed by atoms with Crippen LogP contribution in [-0.2, 0) is 0 Å². The summed E-state index contributed by atoms with van der Waals surface area (Å²) in [5.74, 6) is 0. The topological polar surface area (TPSA) is 54.5 Å². The predicted molar refractivity (Wildman–Crippen MR) is 87.3 cm³/mol. The molecule has 0 aliphatic carbocycles. The van der Waals surface area contributed by atoms with Crippen LogP contribution in [0.1, 0.15) is 5.56 Å². The molecule has 4 aromatic rings. The second-order valence-corrected chi connectivity index (χ2v) is 5.27. The number of hydrogen-bond donors (Lipinski definition) is 1. The second-order valence-electron chi connectivity index (χ2n) is 5.27. The molecule has 4 rings (SSSR count). The lowest BCUT2D eigenvalue weighted by Gasteiger charge is -2.11. The molecule has 1 aromatic carbocycles. The molecule has 0 spiro atoms. The molecule has 0 aliphatic heterocycles. The molecule has 4 heteroatoms. The number of nitrogens with zero attached hydrogens (tertiary/aromatic N) is 3. The zero-order valence-corrected chi connectivity index (χ0v) is 12.1. The van der Waals surface area contributed by atoms with Crippen molar-refractivity contribution >= 4 is 10.9 Å². The van der Waals surface area contributed by atoms with E-state index >= 15 is 0 Å². The zero-order valence-electron chi connectivity index (χ0n) is 12.1. The van der Waals surface area contributed by atoms with Crippen LogP contribution in [0.4, 0.5) is 0 Å². The Hall–Kier alpha value is -3.01. The third-order valence-corrected chi connectivity index (χ3v) is 3.96. The summed E-state index contributed by atoms with van der Waals surface area (Å²) in [6.45, 7) is 2.13. The lowest BCUT2D eigenvalue weighted by molar-refractivity contribution is 1.12. The molecule has 3 aromatic heterocycles. The SMILES string of the molecule is Cc1c(-c2ccncc2)cncc1-c1ccc2[nH]ncc2c1. The average Bonchev–Trinajstić information content (AvgIpc) is 3.03. The van der Waals surface area contributed by atoms with E-state index in [1.807, 2.05) is 30.7 Å². The van der Waals surface area contributed by atoms with Gasteiger partial charge in [0.2, 0.25) is 0 Å². The minimum Gasteiger partial charge on any atom is -0.278 e. The molecule has 106 valence electrons. The number of rotatable bonds is 2. The third kappa shape index (κ3) is 2.05. The summed E-state index contributed by atoms with van der Waals surface area (Å²) in [5, 5.41) is 8.16. The molecular formula is C18H14N4. The first-order valence-electron chi connectivity index (χ1n) is 7.11. The van der Waals surface area contributed by atoms with Crippen molar-refractivity contribution in [3.8, 4) is 22.3 Å². The smallest absolute Gasteiger partial charge is 0.0650 e. The van der Waals surface area contributed by atoms with Gasteiger partial charge in [-0.25, -0.2) is 0 Å². The normalized spacial score (nSPS) is 11.0. The maximum absolute atomic E-state index is 4.42. The molecule has 0 unspecified atom stereocenters. The Kier molecular flexibility index (Phi) is 2.93. The van der Waals surface area contributed by atoms with Crippen LogP contribution in [0.5, 0.6) is 0 Å². The minimum absolute atomic E-state index is 1.04. The lowest BCUT2D eigenvalue weighted by atomic mass is 9.95. The molecule has 0 saturated carbocycles. The van der Waals surface area contributed by atoms with Gasteiger partial charge in [-0.15, -0.1) is 0 Å². The number of benzene rings is 1. The first-order valence-corrected chi connectivity index (χ1v) is 7.11. The highest BCUT2D eigenvalue weighted by atomic mass is 15.1. The van der Waals surface area contributed by atoms with E-state index < -0.39 is 0 Å². The fourth-order valence-electron chi connectivity index (χ4n) is 2.75. The van der Waals surface area contributed by atoms with Crippen LogP contribution in [0.3, 0.4) is 0 Å². The van der Waals surface area contributed by atoms with Gasteiger partial charge in [-0.1, -0.05) is 6.07 Å². The summed E-state index contributed by atoms with van der Waals surface area (Å²) >= 11 is 0. The van der Waals surface area contributed by atoms with Crippen molar-refractivity contribution in [2.45, 2.75) is 6.92 Å². The van der Waals surface area contributed by atoms with Gasteiger partial charge in [-0.3, -0.25) is 15.1 Å². The molecule has 1 N–H and O–H groups in total. The van der Waals surface area contributed by atoms with Crippen LogP contribution in [0.25, 0.3) is 33.2 Å². The van der Waals surface area contributed by atoms with Crippen LogP contribution in [-0.4, -0.2) is 20.2 Å². The molecule has 4 nitrogen and oxygen atoms in total. The van der Waals surface area contributed by atoms with Gasteiger partial charge in [0.15, 0.2) is 0 Å². The summed E-state index contributed by atoms with van der Waals surface area (Å²) in [4.78, 5) is 8.50. The van der Waals surface area contributed by atoms with Crippen molar-refractivity contribution < 1.29 is 0 Å². The van der Waals surface area contributed by atoms with Gasteiger partial charge >= 0.3 is 0 Å². The summed E-state index contributed by atoms with van der Waals surface area (Å²) < 4.78 is 0. The molecule has 0 radical (unpaired) electrons. The molecular weight excluding hydrogens is 272 g/mol. The van der Waals surface area contributed by atoms with Crippen molar-refractivity contribution in [3.05, 3.63) is 66.9 Å². The zero-order chi connectivity index (χ0) is 14.9. The van der Waals surface area contributed by atoms with Gasteiger partial charge in [0.1, 0.15) is 0 Å². The number of hydrogen-bond acceptors (Lipinski definition) is 3. The third-order valence-electron chi connectivity index (χ3n) is 3.96. The number of pyridine rings is 2. The largest absolute Gasteiger partial charge is 0.278 e. The molecule has 0 fully saturated rings. The summed E-state index contributed by atoms with van der Waals surface area (Å²) in [6, 6.07) is 10.3. The Balaban J connectivity index is 1.89. The highest BCUT2D eigenvalue weighted by molar-refractivity contribution is 5.86.